The number of anilines is 3. The van der Waals surface area contributed by atoms with Crippen molar-refractivity contribution in [1.82, 2.24) is 10.2 Å². The maximum atomic E-state index is 13.3. The van der Waals surface area contributed by atoms with E-state index in [9.17, 15) is 27.9 Å². The lowest BCUT2D eigenvalue weighted by Gasteiger charge is -2.29. The molecule has 12 nitrogen and oxygen atoms in total. The summed E-state index contributed by atoms with van der Waals surface area (Å²) in [6.07, 6.45) is 0.113. The third-order valence-electron chi connectivity index (χ3n) is 6.71. The van der Waals surface area contributed by atoms with Crippen molar-refractivity contribution in [3.05, 3.63) is 47.5 Å². The maximum Gasteiger partial charge on any atom is 0.328 e. The van der Waals surface area contributed by atoms with Crippen molar-refractivity contribution in [3.8, 4) is 5.75 Å². The van der Waals surface area contributed by atoms with Crippen LogP contribution in [0.25, 0.3) is 0 Å². The van der Waals surface area contributed by atoms with E-state index in [0.29, 0.717) is 55.5 Å². The highest BCUT2D eigenvalue weighted by Gasteiger charge is 2.30. The Morgan fingerprint density at radius 1 is 1.05 bits per heavy atom. The molecule has 13 heteroatoms. The van der Waals surface area contributed by atoms with Crippen molar-refractivity contribution in [2.45, 2.75) is 32.6 Å². The van der Waals surface area contributed by atoms with Gasteiger partial charge in [0.05, 0.1) is 24.5 Å². The van der Waals surface area contributed by atoms with Gasteiger partial charge in [0.15, 0.2) is 0 Å². The smallest absolute Gasteiger partial charge is 0.328 e. The Morgan fingerprint density at radius 2 is 1.70 bits per heavy atom. The van der Waals surface area contributed by atoms with Crippen LogP contribution in [-0.2, 0) is 25.0 Å². The summed E-state index contributed by atoms with van der Waals surface area (Å²) >= 11 is 0. The van der Waals surface area contributed by atoms with Crippen LogP contribution in [0.5, 0.6) is 5.75 Å². The zero-order valence-electron chi connectivity index (χ0n) is 22.8. The predicted molar refractivity (Wildman–Crippen MR) is 151 cm³/mol. The van der Waals surface area contributed by atoms with Gasteiger partial charge in [-0.3, -0.25) is 29.4 Å². The molecule has 0 aromatic heterocycles. The minimum atomic E-state index is -3.57. The Labute approximate surface area is 233 Å². The number of morpholine rings is 1. The van der Waals surface area contributed by atoms with E-state index in [2.05, 4.69) is 15.4 Å². The Morgan fingerprint density at radius 3 is 2.33 bits per heavy atom. The summed E-state index contributed by atoms with van der Waals surface area (Å²) in [5, 5.41) is 16.0. The van der Waals surface area contributed by atoms with E-state index in [1.165, 1.54) is 23.1 Å². The van der Waals surface area contributed by atoms with Gasteiger partial charge in [-0.15, -0.1) is 0 Å². The molecule has 2 heterocycles. The topological polar surface area (TPSA) is 157 Å². The summed E-state index contributed by atoms with van der Waals surface area (Å²) in [5.74, 6) is -1.26. The molecule has 4 N–H and O–H groups in total. The zero-order valence-corrected chi connectivity index (χ0v) is 23.6. The average molecular weight is 574 g/mol. The fraction of sp³-hybridized carbons (Fsp3) is 0.444. The first kappa shape index (κ1) is 29.3. The average Bonchev–Trinajstić information content (AvgIpc) is 2.89. The minimum Gasteiger partial charge on any atom is -0.507 e. The van der Waals surface area contributed by atoms with Crippen molar-refractivity contribution in [1.29, 1.82) is 0 Å². The highest BCUT2D eigenvalue weighted by atomic mass is 32.2. The van der Waals surface area contributed by atoms with Crippen molar-refractivity contribution in [2.24, 2.45) is 0 Å². The number of ether oxygens (including phenoxy) is 1. The van der Waals surface area contributed by atoms with Gasteiger partial charge >= 0.3 is 6.03 Å². The molecule has 0 unspecified atom stereocenters. The normalized spacial score (nSPS) is 16.9. The van der Waals surface area contributed by atoms with Crippen LogP contribution in [0, 0.1) is 0 Å². The molecule has 4 amide bonds. The molecule has 2 saturated heterocycles. The molecule has 0 saturated carbocycles. The van der Waals surface area contributed by atoms with Gasteiger partial charge in [0.1, 0.15) is 5.75 Å². The van der Waals surface area contributed by atoms with Gasteiger partial charge in [0.2, 0.25) is 15.9 Å². The van der Waals surface area contributed by atoms with Gasteiger partial charge in [0, 0.05) is 55.2 Å². The second-order valence-electron chi connectivity index (χ2n) is 10.8. The van der Waals surface area contributed by atoms with Crippen molar-refractivity contribution < 1.29 is 32.6 Å². The van der Waals surface area contributed by atoms with Gasteiger partial charge in [-0.05, 0) is 41.8 Å². The van der Waals surface area contributed by atoms with Gasteiger partial charge in [-0.1, -0.05) is 20.8 Å². The first-order valence-corrected chi connectivity index (χ1v) is 14.7. The highest BCUT2D eigenvalue weighted by molar-refractivity contribution is 7.92. The Balaban J connectivity index is 1.48. The second-order valence-corrected chi connectivity index (χ2v) is 12.6. The van der Waals surface area contributed by atoms with Crippen molar-refractivity contribution in [2.75, 3.05) is 60.1 Å². The van der Waals surface area contributed by atoms with E-state index in [1.807, 2.05) is 25.7 Å². The molecule has 0 spiro atoms. The third kappa shape index (κ3) is 7.29. The molecule has 0 aliphatic carbocycles. The van der Waals surface area contributed by atoms with Crippen LogP contribution in [0.3, 0.4) is 0 Å². The van der Waals surface area contributed by atoms with Gasteiger partial charge in [-0.25, -0.2) is 13.2 Å². The monoisotopic (exact) mass is 573 g/mol. The number of phenols is 1. The molecule has 2 aliphatic rings. The molecule has 216 valence electrons. The molecule has 2 aromatic carbocycles. The first-order valence-electron chi connectivity index (χ1n) is 13.0. The quantitative estimate of drug-likeness (QED) is 0.375. The number of aromatic hydroxyl groups is 1. The number of sulfonamides is 1. The summed E-state index contributed by atoms with van der Waals surface area (Å²) in [5.41, 5.74) is 0.967. The standard InChI is InChI=1S/C27H35N5O7S/c1-27(2,3)22-17-20(32-9-8-23(33)29-26(32)36)16-21(24(22)34)25(35)28-18-4-6-19(7-5-18)30-40(37,38)15-12-31-10-13-39-14-11-31/h4-7,16-17,30,34H,8-15H2,1-3H3,(H,28,35)(H,29,33,36). The van der Waals surface area contributed by atoms with Crippen LogP contribution >= 0.6 is 0 Å². The van der Waals surface area contributed by atoms with Crippen LogP contribution in [0.4, 0.5) is 21.9 Å². The second kappa shape index (κ2) is 11.8. The summed E-state index contributed by atoms with van der Waals surface area (Å²) in [6.45, 7) is 8.74. The number of urea groups is 1. The number of carbonyl (C=O) groups excluding carboxylic acids is 3. The summed E-state index contributed by atoms with van der Waals surface area (Å²) < 4.78 is 32.9. The van der Waals surface area contributed by atoms with E-state index < -0.39 is 27.4 Å². The van der Waals surface area contributed by atoms with Gasteiger partial charge in [0.25, 0.3) is 5.91 Å². The van der Waals surface area contributed by atoms with Crippen LogP contribution in [0.2, 0.25) is 0 Å². The molecular formula is C27H35N5O7S. The minimum absolute atomic E-state index is 0.0417. The molecule has 4 rings (SSSR count). The van der Waals surface area contributed by atoms with E-state index in [-0.39, 0.29) is 35.9 Å². The molecule has 2 aromatic rings. The number of benzene rings is 2. The molecule has 40 heavy (non-hydrogen) atoms. The maximum absolute atomic E-state index is 13.3. The van der Waals surface area contributed by atoms with E-state index in [1.54, 1.807) is 18.2 Å². The Kier molecular flexibility index (Phi) is 8.66. The largest absolute Gasteiger partial charge is 0.507 e. The Hall–Kier alpha value is -3.68. The highest BCUT2D eigenvalue weighted by Crippen LogP contribution is 2.38. The first-order chi connectivity index (χ1) is 18.8. The fourth-order valence-electron chi connectivity index (χ4n) is 4.46. The SMILES string of the molecule is CC(C)(C)c1cc(N2CCC(=O)NC2=O)cc(C(=O)Nc2ccc(NS(=O)(=O)CCN3CCOCC3)cc2)c1O. The van der Waals surface area contributed by atoms with Crippen molar-refractivity contribution in [3.63, 3.8) is 0 Å². The van der Waals surface area contributed by atoms with Crippen LogP contribution in [0.15, 0.2) is 36.4 Å². The predicted octanol–water partition coefficient (Wildman–Crippen LogP) is 2.46. The van der Waals surface area contributed by atoms with Gasteiger partial charge in [-0.2, -0.15) is 0 Å². The number of imide groups is 1. The molecule has 0 bridgehead atoms. The Bertz CT molecular complexity index is 1380. The van der Waals surface area contributed by atoms with Gasteiger partial charge < -0.3 is 15.2 Å². The lowest BCUT2D eigenvalue weighted by atomic mass is 9.84. The number of phenolic OH excluding ortho intramolecular Hbond substituents is 1. The van der Waals surface area contributed by atoms with E-state index in [4.69, 9.17) is 4.74 Å². The van der Waals surface area contributed by atoms with Crippen molar-refractivity contribution >= 4 is 44.9 Å². The summed E-state index contributed by atoms with van der Waals surface area (Å²) in [4.78, 5) is 40.7. The lowest BCUT2D eigenvalue weighted by molar-refractivity contribution is -0.120. The van der Waals surface area contributed by atoms with E-state index >= 15 is 0 Å². The van der Waals surface area contributed by atoms with Crippen LogP contribution < -0.4 is 20.3 Å². The van der Waals surface area contributed by atoms with E-state index in [0.717, 1.165) is 0 Å². The number of hydrogen-bond donors (Lipinski definition) is 4. The van der Waals surface area contributed by atoms with Crippen LogP contribution in [-0.4, -0.2) is 81.4 Å². The number of rotatable bonds is 8. The number of nitrogens with one attached hydrogen (secondary N) is 3. The summed E-state index contributed by atoms with van der Waals surface area (Å²) in [6, 6.07) is 8.62. The number of carbonyl (C=O) groups is 3. The third-order valence-corrected chi connectivity index (χ3v) is 7.98. The zero-order chi connectivity index (χ0) is 29.1. The molecule has 2 fully saturated rings. The lowest BCUT2D eigenvalue weighted by Crippen LogP contribution is -2.49. The fourth-order valence-corrected chi connectivity index (χ4v) is 5.55. The molecular weight excluding hydrogens is 538 g/mol. The summed E-state index contributed by atoms with van der Waals surface area (Å²) in [7, 11) is -3.57. The van der Waals surface area contributed by atoms with Crippen LogP contribution in [0.1, 0.15) is 43.1 Å². The number of hydrogen-bond acceptors (Lipinski definition) is 8. The number of amides is 4. The molecule has 0 atom stereocenters. The molecule has 0 radical (unpaired) electrons. The number of nitrogens with zero attached hydrogens (tertiary/aromatic N) is 2. The molecule has 2 aliphatic heterocycles.